The largest absolute Gasteiger partial charge is 0.573 e. The lowest BCUT2D eigenvalue weighted by molar-refractivity contribution is -0.275. The van der Waals surface area contributed by atoms with Crippen LogP contribution in [0.4, 0.5) is 13.2 Å². The molecule has 0 aliphatic carbocycles. The summed E-state index contributed by atoms with van der Waals surface area (Å²) in [6.07, 6.45) is -4.84. The Balaban J connectivity index is 2.05. The lowest BCUT2D eigenvalue weighted by Gasteiger charge is -2.23. The molecule has 0 bridgehead atoms. The van der Waals surface area contributed by atoms with Crippen LogP contribution >= 0.6 is 11.6 Å². The van der Waals surface area contributed by atoms with Crippen LogP contribution in [-0.2, 0) is 11.3 Å². The van der Waals surface area contributed by atoms with Gasteiger partial charge in [-0.05, 0) is 25.1 Å². The number of rotatable bonds is 6. The Labute approximate surface area is 165 Å². The topological polar surface area (TPSA) is 58.6 Å². The molecule has 0 spiro atoms. The summed E-state index contributed by atoms with van der Waals surface area (Å²) in [5, 5.41) is 2.77. The Morgan fingerprint density at radius 2 is 1.75 bits per heavy atom. The predicted molar refractivity (Wildman–Crippen MR) is 98.0 cm³/mol. The minimum Gasteiger partial charge on any atom is -0.405 e. The molecule has 0 aliphatic heterocycles. The summed E-state index contributed by atoms with van der Waals surface area (Å²) in [7, 11) is 1.42. The number of hydrogen-bond donors (Lipinski definition) is 1. The Morgan fingerprint density at radius 1 is 1.14 bits per heavy atom. The molecule has 0 aromatic heterocycles. The monoisotopic (exact) mass is 414 g/mol. The Bertz CT molecular complexity index is 858. The van der Waals surface area contributed by atoms with Gasteiger partial charge in [-0.3, -0.25) is 9.59 Å². The number of ether oxygens (including phenoxy) is 1. The summed E-state index contributed by atoms with van der Waals surface area (Å²) in [6.45, 7) is 1.35. The first-order valence-corrected chi connectivity index (χ1v) is 8.60. The maximum atomic E-state index is 12.5. The van der Waals surface area contributed by atoms with E-state index in [4.69, 9.17) is 11.6 Å². The van der Waals surface area contributed by atoms with Crippen LogP contribution in [0.3, 0.4) is 0 Å². The fraction of sp³-hybridized carbons (Fsp3) is 0.263. The average Bonchev–Trinajstić information content (AvgIpc) is 2.61. The van der Waals surface area contributed by atoms with E-state index in [2.05, 4.69) is 10.1 Å². The number of likely N-dealkylation sites (N-methyl/N-ethyl adjacent to an activating group) is 1. The third kappa shape index (κ3) is 5.88. The first kappa shape index (κ1) is 21.6. The Morgan fingerprint density at radius 3 is 2.39 bits per heavy atom. The second-order valence-electron chi connectivity index (χ2n) is 6.02. The number of nitrogens with zero attached hydrogens (tertiary/aromatic N) is 1. The number of amides is 2. The first-order chi connectivity index (χ1) is 13.1. The highest BCUT2D eigenvalue weighted by Crippen LogP contribution is 2.27. The summed E-state index contributed by atoms with van der Waals surface area (Å²) < 4.78 is 41.6. The maximum Gasteiger partial charge on any atom is 0.573 e. The standard InChI is InChI=1S/C19H18ClF3N2O3/c1-12(24-17(26)14-8-4-5-9-15(14)20)18(27)25(2)11-13-7-3-6-10-16(13)28-19(21,22)23/h3-10,12H,11H2,1-2H3,(H,24,26). The molecule has 2 amide bonds. The quantitative estimate of drug-likeness (QED) is 0.776. The molecule has 150 valence electrons. The predicted octanol–water partition coefficient (Wildman–Crippen LogP) is 4.02. The minimum atomic E-state index is -4.84. The lowest BCUT2D eigenvalue weighted by Crippen LogP contribution is -2.45. The van der Waals surface area contributed by atoms with E-state index in [-0.39, 0.29) is 28.4 Å². The summed E-state index contributed by atoms with van der Waals surface area (Å²) in [4.78, 5) is 26.0. The number of alkyl halides is 3. The molecule has 0 saturated carbocycles. The molecule has 0 heterocycles. The van der Waals surface area contributed by atoms with Crippen molar-refractivity contribution >= 4 is 23.4 Å². The van der Waals surface area contributed by atoms with E-state index in [0.717, 1.165) is 0 Å². The highest BCUT2D eigenvalue weighted by atomic mass is 35.5. The lowest BCUT2D eigenvalue weighted by atomic mass is 10.1. The SMILES string of the molecule is CC(NC(=O)c1ccccc1Cl)C(=O)N(C)Cc1ccccc1OC(F)(F)F. The van der Waals surface area contributed by atoms with Crippen molar-refractivity contribution in [1.82, 2.24) is 10.2 Å². The Hall–Kier alpha value is -2.74. The van der Waals surface area contributed by atoms with E-state index in [1.54, 1.807) is 24.3 Å². The smallest absolute Gasteiger partial charge is 0.405 e. The van der Waals surface area contributed by atoms with Crippen LogP contribution in [0.15, 0.2) is 48.5 Å². The second kappa shape index (κ2) is 8.97. The number of carbonyl (C=O) groups excluding carboxylic acids is 2. The van der Waals surface area contributed by atoms with Gasteiger partial charge < -0.3 is 15.0 Å². The average molecular weight is 415 g/mol. The van der Waals surface area contributed by atoms with Crippen molar-refractivity contribution in [2.75, 3.05) is 7.05 Å². The number of benzene rings is 2. The van der Waals surface area contributed by atoms with Crippen LogP contribution in [0.5, 0.6) is 5.75 Å². The van der Waals surface area contributed by atoms with E-state index in [1.165, 1.54) is 43.1 Å². The van der Waals surface area contributed by atoms with Gasteiger partial charge in [-0.15, -0.1) is 13.2 Å². The van der Waals surface area contributed by atoms with Gasteiger partial charge >= 0.3 is 6.36 Å². The molecule has 2 aromatic carbocycles. The van der Waals surface area contributed by atoms with Gasteiger partial charge in [0.15, 0.2) is 0 Å². The molecule has 1 unspecified atom stereocenters. The van der Waals surface area contributed by atoms with Crippen molar-refractivity contribution in [2.45, 2.75) is 25.9 Å². The summed E-state index contributed by atoms with van der Waals surface area (Å²) in [5.41, 5.74) is 0.399. The van der Waals surface area contributed by atoms with Gasteiger partial charge in [0, 0.05) is 19.2 Å². The zero-order chi connectivity index (χ0) is 20.9. The van der Waals surface area contributed by atoms with Crippen LogP contribution in [0.1, 0.15) is 22.8 Å². The van der Waals surface area contributed by atoms with E-state index in [9.17, 15) is 22.8 Å². The third-order valence-corrected chi connectivity index (χ3v) is 4.15. The summed E-state index contributed by atoms with van der Waals surface area (Å²) in [5.74, 6) is -1.40. The zero-order valence-electron chi connectivity index (χ0n) is 15.1. The van der Waals surface area contributed by atoms with Gasteiger partial charge in [-0.25, -0.2) is 0 Å². The number of nitrogens with one attached hydrogen (secondary N) is 1. The second-order valence-corrected chi connectivity index (χ2v) is 6.43. The number of halogens is 4. The number of carbonyl (C=O) groups is 2. The van der Waals surface area contributed by atoms with Gasteiger partial charge in [-0.2, -0.15) is 0 Å². The molecular formula is C19H18ClF3N2O3. The first-order valence-electron chi connectivity index (χ1n) is 8.22. The molecule has 0 radical (unpaired) electrons. The van der Waals surface area contributed by atoms with Gasteiger partial charge in [-0.1, -0.05) is 41.9 Å². The molecule has 2 rings (SSSR count). The van der Waals surface area contributed by atoms with E-state index in [1.807, 2.05) is 0 Å². The van der Waals surface area contributed by atoms with Gasteiger partial charge in [0.1, 0.15) is 11.8 Å². The van der Waals surface area contributed by atoms with Gasteiger partial charge in [0.05, 0.1) is 10.6 Å². The molecule has 5 nitrogen and oxygen atoms in total. The van der Waals surface area contributed by atoms with Crippen molar-refractivity contribution in [2.24, 2.45) is 0 Å². The Kier molecular flexibility index (Phi) is 6.90. The molecule has 0 saturated heterocycles. The van der Waals surface area contributed by atoms with Crippen LogP contribution in [0.25, 0.3) is 0 Å². The van der Waals surface area contributed by atoms with Crippen molar-refractivity contribution < 1.29 is 27.5 Å². The molecule has 28 heavy (non-hydrogen) atoms. The van der Waals surface area contributed by atoms with Crippen molar-refractivity contribution in [1.29, 1.82) is 0 Å². The number of hydrogen-bond acceptors (Lipinski definition) is 3. The molecular weight excluding hydrogens is 397 g/mol. The molecule has 1 atom stereocenters. The summed E-state index contributed by atoms with van der Waals surface area (Å²) in [6, 6.07) is 11.0. The van der Waals surface area contributed by atoms with Crippen LogP contribution in [0, 0.1) is 0 Å². The molecule has 2 aromatic rings. The zero-order valence-corrected chi connectivity index (χ0v) is 15.8. The van der Waals surface area contributed by atoms with Gasteiger partial charge in [0.25, 0.3) is 5.91 Å². The normalized spacial score (nSPS) is 12.2. The molecule has 9 heteroatoms. The van der Waals surface area contributed by atoms with Crippen molar-refractivity contribution in [3.8, 4) is 5.75 Å². The molecule has 0 aliphatic rings. The highest BCUT2D eigenvalue weighted by Gasteiger charge is 2.32. The molecule has 1 N–H and O–H groups in total. The van der Waals surface area contributed by atoms with Crippen molar-refractivity contribution in [3.05, 3.63) is 64.7 Å². The van der Waals surface area contributed by atoms with Crippen molar-refractivity contribution in [3.63, 3.8) is 0 Å². The van der Waals surface area contributed by atoms with Crippen LogP contribution in [-0.4, -0.2) is 36.2 Å². The maximum absolute atomic E-state index is 12.5. The van der Waals surface area contributed by atoms with E-state index >= 15 is 0 Å². The number of para-hydroxylation sites is 1. The summed E-state index contributed by atoms with van der Waals surface area (Å²) >= 11 is 5.96. The van der Waals surface area contributed by atoms with E-state index < -0.39 is 24.2 Å². The highest BCUT2D eigenvalue weighted by molar-refractivity contribution is 6.33. The molecule has 0 fully saturated rings. The third-order valence-electron chi connectivity index (χ3n) is 3.82. The van der Waals surface area contributed by atoms with Crippen LogP contribution < -0.4 is 10.1 Å². The fourth-order valence-electron chi connectivity index (χ4n) is 2.50. The fourth-order valence-corrected chi connectivity index (χ4v) is 2.73. The van der Waals surface area contributed by atoms with Gasteiger partial charge in [0.2, 0.25) is 5.91 Å². The van der Waals surface area contributed by atoms with E-state index in [0.29, 0.717) is 0 Å². The minimum absolute atomic E-state index is 0.128. The van der Waals surface area contributed by atoms with Crippen LogP contribution in [0.2, 0.25) is 5.02 Å².